The average Bonchev–Trinajstić information content (AvgIpc) is 2.15. The van der Waals surface area contributed by atoms with Gasteiger partial charge in [0.2, 0.25) is 0 Å². The highest BCUT2D eigenvalue weighted by molar-refractivity contribution is 5.89. The molecule has 0 aromatic heterocycles. The minimum absolute atomic E-state index is 0.139. The van der Waals surface area contributed by atoms with Crippen LogP contribution in [0.15, 0.2) is 18.2 Å². The minimum atomic E-state index is -0.139. The smallest absolute Gasteiger partial charge is 0.319 e. The summed E-state index contributed by atoms with van der Waals surface area (Å²) in [5.41, 5.74) is 3.15. The quantitative estimate of drug-likeness (QED) is 0.806. The molecule has 88 valence electrons. The van der Waals surface area contributed by atoms with Crippen LogP contribution in [0.1, 0.15) is 31.4 Å². The van der Waals surface area contributed by atoms with Crippen LogP contribution < -0.4 is 10.6 Å². The molecule has 16 heavy (non-hydrogen) atoms. The summed E-state index contributed by atoms with van der Waals surface area (Å²) in [6.07, 6.45) is 0.931. The molecule has 1 atom stereocenters. The Morgan fingerprint density at radius 1 is 1.25 bits per heavy atom. The van der Waals surface area contributed by atoms with Gasteiger partial charge >= 0.3 is 6.03 Å². The second-order valence-electron chi connectivity index (χ2n) is 4.28. The van der Waals surface area contributed by atoms with Crippen molar-refractivity contribution in [3.8, 4) is 0 Å². The van der Waals surface area contributed by atoms with Crippen molar-refractivity contribution in [3.63, 3.8) is 0 Å². The lowest BCUT2D eigenvalue weighted by molar-refractivity contribution is 0.249. The minimum Gasteiger partial charge on any atom is -0.335 e. The first-order valence-corrected chi connectivity index (χ1v) is 5.67. The number of carbonyl (C=O) groups is 1. The molecule has 3 heteroatoms. The Hall–Kier alpha value is -1.51. The van der Waals surface area contributed by atoms with E-state index in [2.05, 4.69) is 16.7 Å². The maximum atomic E-state index is 11.6. The van der Waals surface area contributed by atoms with Crippen molar-refractivity contribution in [2.75, 3.05) is 5.32 Å². The van der Waals surface area contributed by atoms with Crippen molar-refractivity contribution in [1.82, 2.24) is 5.32 Å². The first-order valence-electron chi connectivity index (χ1n) is 5.67. The van der Waals surface area contributed by atoms with Gasteiger partial charge in [-0.2, -0.15) is 0 Å². The Morgan fingerprint density at radius 3 is 2.31 bits per heavy atom. The Labute approximate surface area is 97.2 Å². The van der Waals surface area contributed by atoms with E-state index in [1.165, 1.54) is 0 Å². The molecule has 0 radical (unpaired) electrons. The number of aryl methyl sites for hydroxylation is 2. The predicted molar refractivity (Wildman–Crippen MR) is 67.8 cm³/mol. The van der Waals surface area contributed by atoms with Gasteiger partial charge in [-0.1, -0.05) is 13.0 Å². The average molecular weight is 220 g/mol. The summed E-state index contributed by atoms with van der Waals surface area (Å²) in [5.74, 6) is 0. The summed E-state index contributed by atoms with van der Waals surface area (Å²) >= 11 is 0. The van der Waals surface area contributed by atoms with Gasteiger partial charge in [0.15, 0.2) is 0 Å². The van der Waals surface area contributed by atoms with E-state index >= 15 is 0 Å². The molecule has 1 aromatic rings. The van der Waals surface area contributed by atoms with Gasteiger partial charge in [-0.15, -0.1) is 0 Å². The number of carbonyl (C=O) groups excluding carboxylic acids is 1. The van der Waals surface area contributed by atoms with Gasteiger partial charge in [0.25, 0.3) is 0 Å². The molecule has 1 rings (SSSR count). The lowest BCUT2D eigenvalue weighted by Gasteiger charge is -2.13. The number of hydrogen-bond acceptors (Lipinski definition) is 1. The SMILES string of the molecule is CCC(C)NC(=O)Nc1cc(C)cc(C)c1. The van der Waals surface area contributed by atoms with Crippen LogP contribution in [0.25, 0.3) is 0 Å². The number of rotatable bonds is 3. The zero-order valence-corrected chi connectivity index (χ0v) is 10.4. The van der Waals surface area contributed by atoms with Gasteiger partial charge < -0.3 is 10.6 Å². The van der Waals surface area contributed by atoms with Crippen molar-refractivity contribution in [3.05, 3.63) is 29.3 Å². The fourth-order valence-corrected chi connectivity index (χ4v) is 1.54. The van der Waals surface area contributed by atoms with Crippen LogP contribution in [0, 0.1) is 13.8 Å². The molecule has 0 saturated carbocycles. The van der Waals surface area contributed by atoms with Gasteiger partial charge in [0.05, 0.1) is 0 Å². The van der Waals surface area contributed by atoms with E-state index in [0.717, 1.165) is 23.2 Å². The van der Waals surface area contributed by atoms with Gasteiger partial charge in [-0.25, -0.2) is 4.79 Å². The number of nitrogens with one attached hydrogen (secondary N) is 2. The summed E-state index contributed by atoms with van der Waals surface area (Å²) in [6.45, 7) is 8.07. The van der Waals surface area contributed by atoms with Crippen LogP contribution in [0.5, 0.6) is 0 Å². The molecule has 0 saturated heterocycles. The van der Waals surface area contributed by atoms with Crippen molar-refractivity contribution in [2.45, 2.75) is 40.2 Å². The van der Waals surface area contributed by atoms with E-state index in [1.54, 1.807) is 0 Å². The largest absolute Gasteiger partial charge is 0.335 e. The van der Waals surface area contributed by atoms with E-state index in [-0.39, 0.29) is 12.1 Å². The number of anilines is 1. The maximum absolute atomic E-state index is 11.6. The second-order valence-corrected chi connectivity index (χ2v) is 4.28. The van der Waals surface area contributed by atoms with Gasteiger partial charge in [0, 0.05) is 11.7 Å². The molecule has 0 heterocycles. The second kappa shape index (κ2) is 5.54. The molecular formula is C13H20N2O. The first kappa shape index (κ1) is 12.6. The highest BCUT2D eigenvalue weighted by atomic mass is 16.2. The molecule has 0 spiro atoms. The Balaban J connectivity index is 2.62. The standard InChI is InChI=1S/C13H20N2O/c1-5-11(4)14-13(16)15-12-7-9(2)6-10(3)8-12/h6-8,11H,5H2,1-4H3,(H2,14,15,16). The third kappa shape index (κ3) is 3.93. The highest BCUT2D eigenvalue weighted by Gasteiger charge is 2.05. The Morgan fingerprint density at radius 2 is 1.81 bits per heavy atom. The molecule has 0 aliphatic carbocycles. The van der Waals surface area contributed by atoms with E-state index in [1.807, 2.05) is 39.8 Å². The lowest BCUT2D eigenvalue weighted by atomic mass is 10.1. The van der Waals surface area contributed by atoms with Gasteiger partial charge in [0.1, 0.15) is 0 Å². The molecule has 0 fully saturated rings. The normalized spacial score (nSPS) is 12.0. The van der Waals surface area contributed by atoms with E-state index < -0.39 is 0 Å². The van der Waals surface area contributed by atoms with Crippen molar-refractivity contribution >= 4 is 11.7 Å². The molecule has 2 amide bonds. The number of benzene rings is 1. The summed E-state index contributed by atoms with van der Waals surface area (Å²) in [6, 6.07) is 6.06. The molecule has 1 unspecified atom stereocenters. The Kier molecular flexibility index (Phi) is 4.35. The highest BCUT2D eigenvalue weighted by Crippen LogP contribution is 2.13. The van der Waals surface area contributed by atoms with Gasteiger partial charge in [-0.3, -0.25) is 0 Å². The number of hydrogen-bond donors (Lipinski definition) is 2. The predicted octanol–water partition coefficient (Wildman–Crippen LogP) is 3.22. The summed E-state index contributed by atoms with van der Waals surface area (Å²) < 4.78 is 0. The van der Waals surface area contributed by atoms with Crippen LogP contribution in [-0.4, -0.2) is 12.1 Å². The molecule has 3 nitrogen and oxygen atoms in total. The van der Waals surface area contributed by atoms with Crippen LogP contribution in [0.2, 0.25) is 0 Å². The topological polar surface area (TPSA) is 41.1 Å². The fourth-order valence-electron chi connectivity index (χ4n) is 1.54. The van der Waals surface area contributed by atoms with E-state index in [0.29, 0.717) is 0 Å². The molecule has 2 N–H and O–H groups in total. The molecule has 0 aliphatic rings. The third-order valence-corrected chi connectivity index (χ3v) is 2.47. The van der Waals surface area contributed by atoms with E-state index in [4.69, 9.17) is 0 Å². The Bertz CT molecular complexity index is 354. The summed E-state index contributed by atoms with van der Waals surface area (Å²) in [7, 11) is 0. The zero-order valence-electron chi connectivity index (χ0n) is 10.4. The number of amides is 2. The summed E-state index contributed by atoms with van der Waals surface area (Å²) in [4.78, 5) is 11.6. The van der Waals surface area contributed by atoms with Crippen molar-refractivity contribution in [1.29, 1.82) is 0 Å². The maximum Gasteiger partial charge on any atom is 0.319 e. The van der Waals surface area contributed by atoms with Gasteiger partial charge in [-0.05, 0) is 50.5 Å². The van der Waals surface area contributed by atoms with E-state index in [9.17, 15) is 4.79 Å². The van der Waals surface area contributed by atoms with Crippen molar-refractivity contribution in [2.24, 2.45) is 0 Å². The first-order chi connectivity index (χ1) is 7.51. The third-order valence-electron chi connectivity index (χ3n) is 2.47. The van der Waals surface area contributed by atoms with Crippen LogP contribution in [0.3, 0.4) is 0 Å². The number of urea groups is 1. The molecular weight excluding hydrogens is 200 g/mol. The fraction of sp³-hybridized carbons (Fsp3) is 0.462. The molecule has 1 aromatic carbocycles. The van der Waals surface area contributed by atoms with Crippen LogP contribution in [0.4, 0.5) is 10.5 Å². The lowest BCUT2D eigenvalue weighted by Crippen LogP contribution is -2.35. The molecule has 0 aliphatic heterocycles. The summed E-state index contributed by atoms with van der Waals surface area (Å²) in [5, 5.41) is 5.71. The van der Waals surface area contributed by atoms with Crippen molar-refractivity contribution < 1.29 is 4.79 Å². The monoisotopic (exact) mass is 220 g/mol. The van der Waals surface area contributed by atoms with Crippen LogP contribution >= 0.6 is 0 Å². The van der Waals surface area contributed by atoms with Crippen LogP contribution in [-0.2, 0) is 0 Å². The zero-order chi connectivity index (χ0) is 12.1. The molecule has 0 bridgehead atoms.